The van der Waals surface area contributed by atoms with E-state index < -0.39 is 0 Å². The average molecular weight is 318 g/mol. The van der Waals surface area contributed by atoms with Crippen LogP contribution in [0.1, 0.15) is 13.8 Å². The molecule has 0 amide bonds. The van der Waals surface area contributed by atoms with Crippen molar-refractivity contribution in [3.05, 3.63) is 0 Å². The van der Waals surface area contributed by atoms with Crippen LogP contribution in [0.4, 0.5) is 0 Å². The standard InChI is InChI=1S/C16H30O6/c1-4-5-17-6-7-18-8-9-19-10-11-20-12-13-21-14-15-22-16(2)3/h1,16H,5-15H2,2-3H3. The Morgan fingerprint density at radius 1 is 0.636 bits per heavy atom. The second kappa shape index (κ2) is 18.4. The minimum atomic E-state index is 0.247. The molecule has 0 aliphatic rings. The summed E-state index contributed by atoms with van der Waals surface area (Å²) >= 11 is 0. The first-order valence-electron chi connectivity index (χ1n) is 7.71. The molecule has 0 aliphatic carbocycles. The smallest absolute Gasteiger partial charge is 0.107 e. The van der Waals surface area contributed by atoms with Gasteiger partial charge in [-0.25, -0.2) is 0 Å². The van der Waals surface area contributed by atoms with E-state index in [0.29, 0.717) is 72.7 Å². The highest BCUT2D eigenvalue weighted by Crippen LogP contribution is 1.88. The topological polar surface area (TPSA) is 55.4 Å². The first-order valence-corrected chi connectivity index (χ1v) is 7.71. The molecule has 0 aliphatic heterocycles. The molecule has 0 aromatic heterocycles. The van der Waals surface area contributed by atoms with Crippen molar-refractivity contribution in [2.24, 2.45) is 0 Å². The van der Waals surface area contributed by atoms with E-state index in [-0.39, 0.29) is 6.10 Å². The Bertz CT molecular complexity index is 252. The largest absolute Gasteiger partial charge is 0.377 e. The van der Waals surface area contributed by atoms with Crippen LogP contribution in [0.3, 0.4) is 0 Å². The lowest BCUT2D eigenvalue weighted by Crippen LogP contribution is -2.14. The van der Waals surface area contributed by atoms with Crippen LogP contribution in [0.25, 0.3) is 0 Å². The first kappa shape index (κ1) is 21.3. The van der Waals surface area contributed by atoms with Gasteiger partial charge in [-0.15, -0.1) is 6.42 Å². The molecule has 0 atom stereocenters. The van der Waals surface area contributed by atoms with E-state index >= 15 is 0 Å². The first-order chi connectivity index (χ1) is 10.8. The Balaban J connectivity index is 2.96. The van der Waals surface area contributed by atoms with Gasteiger partial charge in [-0.2, -0.15) is 0 Å². The molecule has 0 radical (unpaired) electrons. The molecular formula is C16H30O6. The molecule has 22 heavy (non-hydrogen) atoms. The van der Waals surface area contributed by atoms with Crippen molar-refractivity contribution in [2.75, 3.05) is 72.7 Å². The van der Waals surface area contributed by atoms with Gasteiger partial charge in [0.1, 0.15) is 6.61 Å². The summed E-state index contributed by atoms with van der Waals surface area (Å²) in [6.07, 6.45) is 5.29. The highest BCUT2D eigenvalue weighted by atomic mass is 16.6. The molecule has 0 unspecified atom stereocenters. The SMILES string of the molecule is C#CCOCCOCCOCCOCCOCCOC(C)C. The summed E-state index contributed by atoms with van der Waals surface area (Å²) in [5.41, 5.74) is 0. The molecule has 0 rings (SSSR count). The lowest BCUT2D eigenvalue weighted by molar-refractivity contribution is -0.0204. The van der Waals surface area contributed by atoms with Crippen molar-refractivity contribution in [2.45, 2.75) is 20.0 Å². The Morgan fingerprint density at radius 3 is 1.36 bits per heavy atom. The number of rotatable bonds is 17. The summed E-state index contributed by atoms with van der Waals surface area (Å²) in [5, 5.41) is 0. The fraction of sp³-hybridized carbons (Fsp3) is 0.875. The van der Waals surface area contributed by atoms with Crippen molar-refractivity contribution < 1.29 is 28.4 Å². The van der Waals surface area contributed by atoms with Gasteiger partial charge in [0.25, 0.3) is 0 Å². The van der Waals surface area contributed by atoms with Crippen molar-refractivity contribution in [3.63, 3.8) is 0 Å². The quantitative estimate of drug-likeness (QED) is 0.296. The predicted molar refractivity (Wildman–Crippen MR) is 84.0 cm³/mol. The number of ether oxygens (including phenoxy) is 6. The molecular weight excluding hydrogens is 288 g/mol. The fourth-order valence-electron chi connectivity index (χ4n) is 1.35. The lowest BCUT2D eigenvalue weighted by atomic mass is 10.5. The third-order valence-corrected chi connectivity index (χ3v) is 2.35. The summed E-state index contributed by atoms with van der Waals surface area (Å²) < 4.78 is 31.8. The van der Waals surface area contributed by atoms with Crippen LogP contribution in [0.15, 0.2) is 0 Å². The molecule has 6 heteroatoms. The van der Waals surface area contributed by atoms with Gasteiger partial charge < -0.3 is 28.4 Å². The molecule has 0 fully saturated rings. The molecule has 130 valence electrons. The molecule has 0 N–H and O–H groups in total. The molecule has 0 aromatic rings. The van der Waals surface area contributed by atoms with Gasteiger partial charge in [-0.05, 0) is 13.8 Å². The van der Waals surface area contributed by atoms with E-state index in [1.807, 2.05) is 13.8 Å². The van der Waals surface area contributed by atoms with Crippen LogP contribution < -0.4 is 0 Å². The van der Waals surface area contributed by atoms with Gasteiger partial charge in [0.15, 0.2) is 0 Å². The van der Waals surface area contributed by atoms with Crippen LogP contribution in [0, 0.1) is 12.3 Å². The van der Waals surface area contributed by atoms with Gasteiger partial charge >= 0.3 is 0 Å². The Kier molecular flexibility index (Phi) is 17.8. The summed E-state index contributed by atoms with van der Waals surface area (Å²) in [6.45, 7) is 9.90. The molecule has 0 aromatic carbocycles. The van der Waals surface area contributed by atoms with Crippen molar-refractivity contribution in [3.8, 4) is 12.3 Å². The summed E-state index contributed by atoms with van der Waals surface area (Å²) in [6, 6.07) is 0. The summed E-state index contributed by atoms with van der Waals surface area (Å²) in [7, 11) is 0. The maximum absolute atomic E-state index is 5.36. The third-order valence-electron chi connectivity index (χ3n) is 2.35. The van der Waals surface area contributed by atoms with Crippen molar-refractivity contribution >= 4 is 0 Å². The second-order valence-electron chi connectivity index (χ2n) is 4.63. The van der Waals surface area contributed by atoms with Gasteiger partial charge in [-0.3, -0.25) is 0 Å². The zero-order valence-corrected chi connectivity index (χ0v) is 13.9. The molecule has 0 saturated heterocycles. The maximum atomic E-state index is 5.36. The van der Waals surface area contributed by atoms with E-state index in [0.717, 1.165) is 0 Å². The van der Waals surface area contributed by atoms with Crippen LogP contribution in [0.5, 0.6) is 0 Å². The highest BCUT2D eigenvalue weighted by Gasteiger charge is 1.94. The van der Waals surface area contributed by atoms with Crippen LogP contribution in [-0.4, -0.2) is 78.8 Å². The number of hydrogen-bond acceptors (Lipinski definition) is 6. The van der Waals surface area contributed by atoms with Crippen LogP contribution >= 0.6 is 0 Å². The Hall–Kier alpha value is -0.680. The maximum Gasteiger partial charge on any atom is 0.107 e. The van der Waals surface area contributed by atoms with E-state index in [4.69, 9.17) is 34.8 Å². The summed E-state index contributed by atoms with van der Waals surface area (Å²) in [5.74, 6) is 2.39. The van der Waals surface area contributed by atoms with Gasteiger partial charge in [0.2, 0.25) is 0 Å². The van der Waals surface area contributed by atoms with Crippen LogP contribution in [-0.2, 0) is 28.4 Å². The Morgan fingerprint density at radius 2 is 1.00 bits per heavy atom. The van der Waals surface area contributed by atoms with Crippen LogP contribution in [0.2, 0.25) is 0 Å². The summed E-state index contributed by atoms with van der Waals surface area (Å²) in [4.78, 5) is 0. The number of hydrogen-bond donors (Lipinski definition) is 0. The highest BCUT2D eigenvalue weighted by molar-refractivity contribution is 4.82. The third kappa shape index (κ3) is 19.3. The van der Waals surface area contributed by atoms with E-state index in [1.165, 1.54) is 0 Å². The van der Waals surface area contributed by atoms with Crippen molar-refractivity contribution in [1.82, 2.24) is 0 Å². The molecule has 0 heterocycles. The minimum Gasteiger partial charge on any atom is -0.377 e. The van der Waals surface area contributed by atoms with E-state index in [2.05, 4.69) is 5.92 Å². The van der Waals surface area contributed by atoms with E-state index in [9.17, 15) is 0 Å². The zero-order chi connectivity index (χ0) is 16.3. The van der Waals surface area contributed by atoms with Crippen molar-refractivity contribution in [1.29, 1.82) is 0 Å². The predicted octanol–water partition coefficient (Wildman–Crippen LogP) is 1.13. The molecule has 0 spiro atoms. The van der Waals surface area contributed by atoms with E-state index in [1.54, 1.807) is 0 Å². The Labute approximate surface area is 134 Å². The number of terminal acetylenes is 1. The van der Waals surface area contributed by atoms with Gasteiger partial charge in [0.05, 0.1) is 72.2 Å². The minimum absolute atomic E-state index is 0.247. The normalized spacial score (nSPS) is 11.0. The monoisotopic (exact) mass is 318 g/mol. The zero-order valence-electron chi connectivity index (χ0n) is 13.9. The molecule has 0 bridgehead atoms. The average Bonchev–Trinajstić information content (AvgIpc) is 2.50. The molecule has 0 saturated carbocycles. The fourth-order valence-corrected chi connectivity index (χ4v) is 1.35. The molecule has 6 nitrogen and oxygen atoms in total. The van der Waals surface area contributed by atoms with Gasteiger partial charge in [-0.1, -0.05) is 5.92 Å². The second-order valence-corrected chi connectivity index (χ2v) is 4.63. The van der Waals surface area contributed by atoms with Gasteiger partial charge in [0, 0.05) is 0 Å². The lowest BCUT2D eigenvalue weighted by Gasteiger charge is -2.09.